The Labute approximate surface area is 142 Å². The third-order valence-corrected chi connectivity index (χ3v) is 4.64. The second kappa shape index (κ2) is 7.62. The van der Waals surface area contributed by atoms with E-state index < -0.39 is 0 Å². The number of epoxide rings is 1. The van der Waals surface area contributed by atoms with Gasteiger partial charge in [0.1, 0.15) is 12.2 Å². The molecule has 1 unspecified atom stereocenters. The first-order valence-corrected chi connectivity index (χ1v) is 8.82. The van der Waals surface area contributed by atoms with Gasteiger partial charge in [0.2, 0.25) is 0 Å². The van der Waals surface area contributed by atoms with Crippen LogP contribution in [0.25, 0.3) is 10.8 Å². The molecule has 4 rings (SSSR count). The van der Waals surface area contributed by atoms with E-state index >= 15 is 0 Å². The molecule has 0 bridgehead atoms. The number of hydrogen-bond donors (Lipinski definition) is 0. The van der Waals surface area contributed by atoms with Crippen molar-refractivity contribution in [2.24, 2.45) is 0 Å². The maximum absolute atomic E-state index is 5.80. The summed E-state index contributed by atoms with van der Waals surface area (Å²) >= 11 is 0. The van der Waals surface area contributed by atoms with E-state index in [0.29, 0.717) is 19.8 Å². The zero-order valence-electron chi connectivity index (χ0n) is 13.9. The first-order valence-electron chi connectivity index (χ1n) is 8.82. The summed E-state index contributed by atoms with van der Waals surface area (Å²) in [6, 6.07) is 14.8. The number of rotatable bonds is 7. The molecule has 2 aliphatic heterocycles. The van der Waals surface area contributed by atoms with Gasteiger partial charge in [0.05, 0.1) is 19.8 Å². The van der Waals surface area contributed by atoms with E-state index in [1.807, 2.05) is 0 Å². The van der Waals surface area contributed by atoms with E-state index in [9.17, 15) is 0 Å². The van der Waals surface area contributed by atoms with Gasteiger partial charge in [-0.05, 0) is 41.7 Å². The molecule has 4 heteroatoms. The van der Waals surface area contributed by atoms with E-state index in [1.165, 1.54) is 22.8 Å². The second-order valence-corrected chi connectivity index (χ2v) is 6.54. The minimum atomic E-state index is -0.0397. The summed E-state index contributed by atoms with van der Waals surface area (Å²) in [5.41, 5.74) is 1.19. The average molecular weight is 328 g/mol. The summed E-state index contributed by atoms with van der Waals surface area (Å²) < 4.78 is 22.7. The van der Waals surface area contributed by atoms with Crippen LogP contribution in [0.3, 0.4) is 0 Å². The molecule has 2 aromatic carbocycles. The largest absolute Gasteiger partial charge is 0.374 e. The molecule has 0 radical (unpaired) electrons. The lowest BCUT2D eigenvalue weighted by molar-refractivity contribution is -0.164. The number of hydrogen-bond acceptors (Lipinski definition) is 4. The predicted molar refractivity (Wildman–Crippen MR) is 91.8 cm³/mol. The van der Waals surface area contributed by atoms with Crippen molar-refractivity contribution in [2.75, 3.05) is 19.8 Å². The highest BCUT2D eigenvalue weighted by Crippen LogP contribution is 2.25. The zero-order valence-corrected chi connectivity index (χ0v) is 13.9. The van der Waals surface area contributed by atoms with Crippen molar-refractivity contribution in [2.45, 2.75) is 44.4 Å². The Hall–Kier alpha value is -1.46. The van der Waals surface area contributed by atoms with Gasteiger partial charge >= 0.3 is 0 Å². The summed E-state index contributed by atoms with van der Waals surface area (Å²) in [5.74, 6) is 0. The van der Waals surface area contributed by atoms with E-state index in [4.69, 9.17) is 18.9 Å². The lowest BCUT2D eigenvalue weighted by Crippen LogP contribution is -2.24. The highest BCUT2D eigenvalue weighted by Gasteiger charge is 2.39. The average Bonchev–Trinajstić information content (AvgIpc) is 3.39. The summed E-state index contributed by atoms with van der Waals surface area (Å²) in [4.78, 5) is 0. The van der Waals surface area contributed by atoms with Crippen LogP contribution in [0.15, 0.2) is 42.5 Å². The fourth-order valence-electron chi connectivity index (χ4n) is 3.14. The summed E-state index contributed by atoms with van der Waals surface area (Å²) in [6.45, 7) is 2.65. The maximum atomic E-state index is 5.80. The Morgan fingerprint density at radius 2 is 1.83 bits per heavy atom. The van der Waals surface area contributed by atoms with Crippen molar-refractivity contribution >= 4 is 10.8 Å². The number of fused-ring (bicyclic) bond motifs is 1. The van der Waals surface area contributed by atoms with E-state index in [2.05, 4.69) is 42.5 Å². The van der Waals surface area contributed by atoms with Crippen molar-refractivity contribution in [3.05, 3.63) is 48.0 Å². The smallest absolute Gasteiger partial charge is 0.157 e. The van der Waals surface area contributed by atoms with E-state index in [0.717, 1.165) is 19.4 Å². The fourth-order valence-corrected chi connectivity index (χ4v) is 3.14. The highest BCUT2D eigenvalue weighted by molar-refractivity contribution is 5.82. The Bertz CT molecular complexity index is 665. The van der Waals surface area contributed by atoms with Crippen LogP contribution in [0.1, 0.15) is 24.8 Å². The van der Waals surface area contributed by atoms with E-state index in [1.54, 1.807) is 0 Å². The molecule has 128 valence electrons. The molecule has 2 heterocycles. The standard InChI is InChI=1S/C20H24O4/c1-2-6-17-11-15(8-9-16(17)5-1)12-21-13-18-19(24-18)14-23-20-7-3-4-10-22-20/h1-2,5-6,8-9,11,18-20H,3-4,7,10,12-14H2/t18-,19-,20?/m0/s1. The van der Waals surface area contributed by atoms with Crippen LogP contribution >= 0.6 is 0 Å². The van der Waals surface area contributed by atoms with Crippen LogP contribution in [0, 0.1) is 0 Å². The Morgan fingerprint density at radius 1 is 0.958 bits per heavy atom. The third-order valence-electron chi connectivity index (χ3n) is 4.64. The monoisotopic (exact) mass is 328 g/mol. The molecule has 2 saturated heterocycles. The molecule has 4 nitrogen and oxygen atoms in total. The molecule has 0 saturated carbocycles. The molecule has 2 fully saturated rings. The van der Waals surface area contributed by atoms with Crippen LogP contribution < -0.4 is 0 Å². The van der Waals surface area contributed by atoms with Crippen molar-refractivity contribution in [3.63, 3.8) is 0 Å². The lowest BCUT2D eigenvalue weighted by atomic mass is 10.1. The molecule has 2 aliphatic rings. The topological polar surface area (TPSA) is 40.2 Å². The first kappa shape index (κ1) is 16.0. The van der Waals surface area contributed by atoms with Crippen molar-refractivity contribution in [1.29, 1.82) is 0 Å². The molecule has 3 atom stereocenters. The minimum Gasteiger partial charge on any atom is -0.374 e. The molecule has 2 aromatic rings. The van der Waals surface area contributed by atoms with Crippen LogP contribution in [0.2, 0.25) is 0 Å². The molecule has 0 aromatic heterocycles. The van der Waals surface area contributed by atoms with Gasteiger partial charge in [-0.3, -0.25) is 0 Å². The normalized spacial score (nSPS) is 26.6. The summed E-state index contributed by atoms with van der Waals surface area (Å²) in [6.07, 6.45) is 3.61. The molecule has 24 heavy (non-hydrogen) atoms. The van der Waals surface area contributed by atoms with Gasteiger partial charge in [0, 0.05) is 6.61 Å². The van der Waals surface area contributed by atoms with Crippen molar-refractivity contribution < 1.29 is 18.9 Å². The summed E-state index contributed by atoms with van der Waals surface area (Å²) in [5, 5.41) is 2.51. The predicted octanol–water partition coefficient (Wildman–Crippen LogP) is 3.67. The van der Waals surface area contributed by atoms with Gasteiger partial charge in [0.15, 0.2) is 6.29 Å². The lowest BCUT2D eigenvalue weighted by Gasteiger charge is -2.22. The van der Waals surface area contributed by atoms with Crippen LogP contribution in [-0.4, -0.2) is 38.3 Å². The van der Waals surface area contributed by atoms with Gasteiger partial charge in [-0.25, -0.2) is 0 Å². The maximum Gasteiger partial charge on any atom is 0.157 e. The minimum absolute atomic E-state index is 0.0397. The van der Waals surface area contributed by atoms with E-state index in [-0.39, 0.29) is 18.5 Å². The molecule has 0 spiro atoms. The van der Waals surface area contributed by atoms with Crippen molar-refractivity contribution in [1.82, 2.24) is 0 Å². The molecule has 0 amide bonds. The first-order chi connectivity index (χ1) is 11.9. The van der Waals surface area contributed by atoms with Crippen LogP contribution in [0.5, 0.6) is 0 Å². The molecular formula is C20H24O4. The molecular weight excluding hydrogens is 304 g/mol. The van der Waals surface area contributed by atoms with Crippen LogP contribution in [-0.2, 0) is 25.6 Å². The fraction of sp³-hybridized carbons (Fsp3) is 0.500. The van der Waals surface area contributed by atoms with Gasteiger partial charge in [-0.2, -0.15) is 0 Å². The Balaban J connectivity index is 1.16. The zero-order chi connectivity index (χ0) is 16.2. The number of benzene rings is 2. The SMILES string of the molecule is c1ccc2cc(COC[C@@H]3O[C@H]3COC3CCCCO3)ccc2c1. The van der Waals surface area contributed by atoms with Gasteiger partial charge in [0.25, 0.3) is 0 Å². The van der Waals surface area contributed by atoms with Gasteiger partial charge < -0.3 is 18.9 Å². The molecule has 0 aliphatic carbocycles. The van der Waals surface area contributed by atoms with Gasteiger partial charge in [-0.1, -0.05) is 36.4 Å². The van der Waals surface area contributed by atoms with Gasteiger partial charge in [-0.15, -0.1) is 0 Å². The van der Waals surface area contributed by atoms with Crippen molar-refractivity contribution in [3.8, 4) is 0 Å². The molecule has 0 N–H and O–H groups in total. The second-order valence-electron chi connectivity index (χ2n) is 6.54. The number of ether oxygens (including phenoxy) is 4. The Morgan fingerprint density at radius 3 is 2.71 bits per heavy atom. The highest BCUT2D eigenvalue weighted by atomic mass is 16.7. The quantitative estimate of drug-likeness (QED) is 0.727. The summed E-state index contributed by atoms with van der Waals surface area (Å²) in [7, 11) is 0. The Kier molecular flexibility index (Phi) is 5.09. The van der Waals surface area contributed by atoms with Crippen LogP contribution in [0.4, 0.5) is 0 Å². The third kappa shape index (κ3) is 4.14.